The molecule has 0 spiro atoms. The first-order chi connectivity index (χ1) is 12.0. The van der Waals surface area contributed by atoms with Crippen LogP contribution < -0.4 is 10.9 Å². The van der Waals surface area contributed by atoms with Crippen LogP contribution in [0.5, 0.6) is 5.75 Å². The fourth-order valence-corrected chi connectivity index (χ4v) is 2.99. The van der Waals surface area contributed by atoms with Crippen molar-refractivity contribution in [2.24, 2.45) is 0 Å². The molecular weight excluding hydrogens is 338 g/mol. The second kappa shape index (κ2) is 7.30. The van der Waals surface area contributed by atoms with Crippen LogP contribution in [0.1, 0.15) is 36.6 Å². The van der Waals surface area contributed by atoms with Crippen LogP contribution in [0.2, 0.25) is 5.02 Å². The molecule has 1 aromatic heterocycles. The van der Waals surface area contributed by atoms with Crippen LogP contribution in [-0.4, -0.2) is 5.11 Å². The smallest absolute Gasteiger partial charge is 0.336 e. The van der Waals surface area contributed by atoms with E-state index in [-0.39, 0.29) is 11.8 Å². The summed E-state index contributed by atoms with van der Waals surface area (Å²) in [5.41, 5.74) is 2.77. The van der Waals surface area contributed by atoms with Gasteiger partial charge in [0.15, 0.2) is 0 Å². The standard InChI is InChI=1S/C20H20ClNO3/c1-3-13-8-17-15(9-20(24)25-19(17)10-18(13)23)11-22-12(2)14-4-6-16(21)7-5-14/h4-10,12,22-23H,3,11H2,1-2H3/t12-/m1/s1. The van der Waals surface area contributed by atoms with Crippen LogP contribution in [0.15, 0.2) is 51.7 Å². The van der Waals surface area contributed by atoms with Crippen molar-refractivity contribution in [2.45, 2.75) is 32.9 Å². The summed E-state index contributed by atoms with van der Waals surface area (Å²) < 4.78 is 5.23. The van der Waals surface area contributed by atoms with E-state index in [4.69, 9.17) is 16.0 Å². The van der Waals surface area contributed by atoms with Crippen molar-refractivity contribution in [3.8, 4) is 5.75 Å². The fourth-order valence-electron chi connectivity index (χ4n) is 2.87. The predicted molar refractivity (Wildman–Crippen MR) is 100 cm³/mol. The third-order valence-electron chi connectivity index (χ3n) is 4.38. The Bertz CT molecular complexity index is 948. The summed E-state index contributed by atoms with van der Waals surface area (Å²) in [5, 5.41) is 15.0. The maximum absolute atomic E-state index is 11.8. The first-order valence-corrected chi connectivity index (χ1v) is 8.63. The van der Waals surface area contributed by atoms with Gasteiger partial charge in [-0.2, -0.15) is 0 Å². The number of hydrogen-bond donors (Lipinski definition) is 2. The van der Waals surface area contributed by atoms with Gasteiger partial charge in [0.1, 0.15) is 11.3 Å². The Morgan fingerprint density at radius 2 is 1.88 bits per heavy atom. The lowest BCUT2D eigenvalue weighted by Crippen LogP contribution is -2.19. The maximum atomic E-state index is 11.8. The molecule has 0 aliphatic rings. The Kier molecular flexibility index (Phi) is 5.11. The summed E-state index contributed by atoms with van der Waals surface area (Å²) in [4.78, 5) is 11.8. The fraction of sp³-hybridized carbons (Fsp3) is 0.250. The number of hydrogen-bond acceptors (Lipinski definition) is 4. The van der Waals surface area contributed by atoms with Crippen LogP contribution >= 0.6 is 11.6 Å². The van der Waals surface area contributed by atoms with Crippen molar-refractivity contribution in [2.75, 3.05) is 0 Å². The average Bonchev–Trinajstić information content (AvgIpc) is 2.59. The van der Waals surface area contributed by atoms with Gasteiger partial charge in [-0.25, -0.2) is 4.79 Å². The minimum absolute atomic E-state index is 0.0994. The molecule has 2 N–H and O–H groups in total. The van der Waals surface area contributed by atoms with E-state index in [1.165, 1.54) is 12.1 Å². The zero-order valence-corrected chi connectivity index (χ0v) is 14.9. The van der Waals surface area contributed by atoms with Gasteiger partial charge in [-0.1, -0.05) is 30.7 Å². The summed E-state index contributed by atoms with van der Waals surface area (Å²) in [7, 11) is 0. The largest absolute Gasteiger partial charge is 0.508 e. The summed E-state index contributed by atoms with van der Waals surface area (Å²) >= 11 is 5.93. The van der Waals surface area contributed by atoms with E-state index in [0.29, 0.717) is 23.6 Å². The van der Waals surface area contributed by atoms with Crippen LogP contribution in [-0.2, 0) is 13.0 Å². The normalized spacial score (nSPS) is 12.4. The quantitative estimate of drug-likeness (QED) is 0.657. The lowest BCUT2D eigenvalue weighted by molar-refractivity contribution is 0.466. The molecule has 0 aliphatic heterocycles. The van der Waals surface area contributed by atoms with Crippen molar-refractivity contribution in [1.82, 2.24) is 5.32 Å². The molecule has 1 heterocycles. The number of rotatable bonds is 5. The second-order valence-corrected chi connectivity index (χ2v) is 6.51. The number of fused-ring (bicyclic) bond motifs is 1. The summed E-state index contributed by atoms with van der Waals surface area (Å²) in [5.74, 6) is 0.151. The number of nitrogens with one attached hydrogen (secondary N) is 1. The summed E-state index contributed by atoms with van der Waals surface area (Å²) in [6.45, 7) is 4.54. The van der Waals surface area contributed by atoms with Crippen molar-refractivity contribution < 1.29 is 9.52 Å². The Labute approximate surface area is 151 Å². The molecule has 0 unspecified atom stereocenters. The Balaban J connectivity index is 1.90. The SMILES string of the molecule is CCc1cc2c(CN[C@H](C)c3ccc(Cl)cc3)cc(=O)oc2cc1O. The third-order valence-corrected chi connectivity index (χ3v) is 4.63. The molecule has 0 saturated carbocycles. The van der Waals surface area contributed by atoms with Crippen LogP contribution in [0, 0.1) is 0 Å². The molecule has 3 rings (SSSR count). The summed E-state index contributed by atoms with van der Waals surface area (Å²) in [6.07, 6.45) is 0.703. The zero-order valence-electron chi connectivity index (χ0n) is 14.2. The van der Waals surface area contributed by atoms with Gasteiger partial charge in [0.2, 0.25) is 0 Å². The van der Waals surface area contributed by atoms with E-state index in [1.807, 2.05) is 37.3 Å². The van der Waals surface area contributed by atoms with E-state index in [2.05, 4.69) is 12.2 Å². The number of benzene rings is 2. The van der Waals surface area contributed by atoms with Gasteiger partial charge in [-0.15, -0.1) is 0 Å². The van der Waals surface area contributed by atoms with Crippen molar-refractivity contribution in [1.29, 1.82) is 0 Å². The van der Waals surface area contributed by atoms with E-state index >= 15 is 0 Å². The van der Waals surface area contributed by atoms with Crippen molar-refractivity contribution >= 4 is 22.6 Å². The second-order valence-electron chi connectivity index (χ2n) is 6.08. The van der Waals surface area contributed by atoms with Crippen LogP contribution in [0.4, 0.5) is 0 Å². The van der Waals surface area contributed by atoms with Gasteiger partial charge in [-0.05, 0) is 48.2 Å². The van der Waals surface area contributed by atoms with Crippen molar-refractivity contribution in [3.63, 3.8) is 0 Å². The minimum atomic E-state index is -0.424. The first kappa shape index (κ1) is 17.5. The molecule has 3 aromatic rings. The highest BCUT2D eigenvalue weighted by molar-refractivity contribution is 6.30. The van der Waals surface area contributed by atoms with E-state index in [0.717, 1.165) is 22.1 Å². The molecule has 0 amide bonds. The van der Waals surface area contributed by atoms with Crippen molar-refractivity contribution in [3.05, 3.63) is 74.6 Å². The predicted octanol–water partition coefficient (Wildman–Crippen LogP) is 4.57. The number of halogens is 1. The molecule has 0 aliphatic carbocycles. The molecule has 0 saturated heterocycles. The monoisotopic (exact) mass is 357 g/mol. The van der Waals surface area contributed by atoms with Gasteiger partial charge in [0.05, 0.1) is 0 Å². The highest BCUT2D eigenvalue weighted by atomic mass is 35.5. The highest BCUT2D eigenvalue weighted by Gasteiger charge is 2.11. The molecule has 0 fully saturated rings. The molecule has 2 aromatic carbocycles. The molecule has 25 heavy (non-hydrogen) atoms. The number of phenols is 1. The average molecular weight is 358 g/mol. The molecule has 130 valence electrons. The maximum Gasteiger partial charge on any atom is 0.336 e. The molecule has 4 nitrogen and oxygen atoms in total. The Morgan fingerprint density at radius 3 is 2.56 bits per heavy atom. The zero-order chi connectivity index (χ0) is 18.0. The highest BCUT2D eigenvalue weighted by Crippen LogP contribution is 2.27. The molecule has 0 radical (unpaired) electrons. The number of aryl methyl sites for hydroxylation is 1. The lowest BCUT2D eigenvalue weighted by atomic mass is 10.0. The van der Waals surface area contributed by atoms with Gasteiger partial charge >= 0.3 is 5.63 Å². The Morgan fingerprint density at radius 1 is 1.16 bits per heavy atom. The molecule has 1 atom stereocenters. The van der Waals surface area contributed by atoms with Gasteiger partial charge < -0.3 is 14.8 Å². The van der Waals surface area contributed by atoms with Gasteiger partial charge in [-0.3, -0.25) is 0 Å². The lowest BCUT2D eigenvalue weighted by Gasteiger charge is -2.15. The van der Waals surface area contributed by atoms with E-state index in [9.17, 15) is 9.90 Å². The Hall–Kier alpha value is -2.30. The van der Waals surface area contributed by atoms with Gasteiger partial charge in [0.25, 0.3) is 0 Å². The van der Waals surface area contributed by atoms with E-state index in [1.54, 1.807) is 0 Å². The van der Waals surface area contributed by atoms with E-state index < -0.39 is 5.63 Å². The molecular formula is C20H20ClNO3. The summed E-state index contributed by atoms with van der Waals surface area (Å²) in [6, 6.07) is 12.7. The first-order valence-electron chi connectivity index (χ1n) is 8.25. The number of phenolic OH excluding ortho intramolecular Hbond substituents is 1. The third kappa shape index (κ3) is 3.86. The molecule has 0 bridgehead atoms. The van der Waals surface area contributed by atoms with Crippen LogP contribution in [0.25, 0.3) is 11.0 Å². The molecule has 5 heteroatoms. The minimum Gasteiger partial charge on any atom is -0.508 e. The van der Waals surface area contributed by atoms with Gasteiger partial charge in [0, 0.05) is 35.1 Å². The topological polar surface area (TPSA) is 62.5 Å². The van der Waals surface area contributed by atoms with Crippen LogP contribution in [0.3, 0.4) is 0 Å². The number of aromatic hydroxyl groups is 1.